The van der Waals surface area contributed by atoms with Crippen LogP contribution in [-0.4, -0.2) is 43.6 Å². The molecule has 0 unspecified atom stereocenters. The lowest BCUT2D eigenvalue weighted by Crippen LogP contribution is -2.08. The van der Waals surface area contributed by atoms with Crippen LogP contribution in [0.5, 0.6) is 5.75 Å². The van der Waals surface area contributed by atoms with E-state index in [9.17, 15) is 9.90 Å². The second-order valence-corrected chi connectivity index (χ2v) is 4.43. The highest BCUT2D eigenvalue weighted by Crippen LogP contribution is 2.19. The van der Waals surface area contributed by atoms with E-state index >= 15 is 0 Å². The molecule has 0 saturated heterocycles. The lowest BCUT2D eigenvalue weighted by molar-refractivity contribution is -0.139. The summed E-state index contributed by atoms with van der Waals surface area (Å²) in [6.45, 7) is 2.10. The molecule has 1 heterocycles. The van der Waals surface area contributed by atoms with E-state index in [-0.39, 0.29) is 17.5 Å². The molecule has 0 saturated carbocycles. The van der Waals surface area contributed by atoms with Gasteiger partial charge in [-0.25, -0.2) is 0 Å². The largest absolute Gasteiger partial charge is 0.508 e. The van der Waals surface area contributed by atoms with Crippen molar-refractivity contribution in [3.8, 4) is 11.4 Å². The first kappa shape index (κ1) is 13.3. The molecule has 2 rings (SSSR count). The third kappa shape index (κ3) is 3.44. The average Bonchev–Trinajstić information content (AvgIpc) is 2.86. The molecule has 0 fully saturated rings. The van der Waals surface area contributed by atoms with Crippen LogP contribution in [0.4, 0.5) is 0 Å². The van der Waals surface area contributed by atoms with E-state index in [4.69, 9.17) is 4.74 Å². The fourth-order valence-electron chi connectivity index (χ4n) is 1.35. The molecule has 0 aliphatic rings. The highest BCUT2D eigenvalue weighted by atomic mass is 32.2. The summed E-state index contributed by atoms with van der Waals surface area (Å²) in [7, 11) is 0. The fraction of sp³-hybridized carbons (Fsp3) is 0.273. The predicted molar refractivity (Wildman–Crippen MR) is 68.2 cm³/mol. The van der Waals surface area contributed by atoms with Crippen LogP contribution < -0.4 is 0 Å². The summed E-state index contributed by atoms with van der Waals surface area (Å²) in [5.74, 6) is -0.00273. The molecule has 0 amide bonds. The van der Waals surface area contributed by atoms with Gasteiger partial charge < -0.3 is 9.84 Å². The van der Waals surface area contributed by atoms with Gasteiger partial charge in [0, 0.05) is 0 Å². The summed E-state index contributed by atoms with van der Waals surface area (Å²) in [6.07, 6.45) is 0. The molecule has 1 N–H and O–H groups in total. The smallest absolute Gasteiger partial charge is 0.316 e. The van der Waals surface area contributed by atoms with Crippen molar-refractivity contribution < 1.29 is 14.6 Å². The number of thioether (sulfide) groups is 1. The first-order valence-corrected chi connectivity index (χ1v) is 6.55. The van der Waals surface area contributed by atoms with Gasteiger partial charge in [-0.05, 0) is 41.6 Å². The van der Waals surface area contributed by atoms with Crippen molar-refractivity contribution in [2.45, 2.75) is 12.1 Å². The van der Waals surface area contributed by atoms with Crippen molar-refractivity contribution in [1.29, 1.82) is 0 Å². The van der Waals surface area contributed by atoms with Gasteiger partial charge in [-0.2, -0.15) is 4.68 Å². The molecule has 0 radical (unpaired) electrons. The van der Waals surface area contributed by atoms with E-state index in [0.29, 0.717) is 17.5 Å². The summed E-state index contributed by atoms with van der Waals surface area (Å²) in [4.78, 5) is 11.3. The Labute approximate surface area is 113 Å². The molecule has 0 atom stereocenters. The number of ether oxygens (including phenoxy) is 1. The maximum absolute atomic E-state index is 11.3. The van der Waals surface area contributed by atoms with E-state index in [1.54, 1.807) is 19.1 Å². The van der Waals surface area contributed by atoms with Crippen molar-refractivity contribution in [3.05, 3.63) is 24.3 Å². The van der Waals surface area contributed by atoms with Crippen LogP contribution in [0, 0.1) is 0 Å². The molecule has 100 valence electrons. The van der Waals surface area contributed by atoms with Crippen LogP contribution in [0.1, 0.15) is 6.92 Å². The Morgan fingerprint density at radius 1 is 1.42 bits per heavy atom. The Bertz CT molecular complexity index is 555. The normalized spacial score (nSPS) is 10.4. The lowest BCUT2D eigenvalue weighted by Gasteiger charge is -2.04. The van der Waals surface area contributed by atoms with Crippen LogP contribution in [0.3, 0.4) is 0 Å². The zero-order valence-electron chi connectivity index (χ0n) is 10.2. The summed E-state index contributed by atoms with van der Waals surface area (Å²) in [5, 5.41) is 21.0. The number of hydrogen-bond acceptors (Lipinski definition) is 7. The molecule has 1 aromatic carbocycles. The summed E-state index contributed by atoms with van der Waals surface area (Å²) in [6, 6.07) is 6.44. The van der Waals surface area contributed by atoms with Gasteiger partial charge in [0.15, 0.2) is 0 Å². The number of hydrogen-bond donors (Lipinski definition) is 1. The monoisotopic (exact) mass is 280 g/mol. The third-order valence-corrected chi connectivity index (χ3v) is 3.05. The molecular formula is C11H12N4O3S. The first-order chi connectivity index (χ1) is 9.20. The molecule has 8 heteroatoms. The van der Waals surface area contributed by atoms with Gasteiger partial charge in [0.1, 0.15) is 5.75 Å². The van der Waals surface area contributed by atoms with Crippen LogP contribution in [-0.2, 0) is 9.53 Å². The van der Waals surface area contributed by atoms with Crippen molar-refractivity contribution in [2.24, 2.45) is 0 Å². The number of nitrogens with zero attached hydrogens (tertiary/aromatic N) is 4. The number of carbonyl (C=O) groups is 1. The number of tetrazole rings is 1. The minimum atomic E-state index is -0.312. The second-order valence-electron chi connectivity index (χ2n) is 3.48. The van der Waals surface area contributed by atoms with E-state index < -0.39 is 0 Å². The summed E-state index contributed by atoms with van der Waals surface area (Å²) < 4.78 is 6.32. The molecule has 0 spiro atoms. The van der Waals surface area contributed by atoms with Crippen molar-refractivity contribution in [3.63, 3.8) is 0 Å². The molecule has 0 aliphatic carbocycles. The molecule has 0 aliphatic heterocycles. The van der Waals surface area contributed by atoms with Gasteiger partial charge >= 0.3 is 5.97 Å². The highest BCUT2D eigenvalue weighted by Gasteiger charge is 2.11. The minimum absolute atomic E-state index is 0.145. The number of benzene rings is 1. The van der Waals surface area contributed by atoms with Crippen LogP contribution in [0.25, 0.3) is 5.69 Å². The maximum atomic E-state index is 11.3. The first-order valence-electron chi connectivity index (χ1n) is 5.57. The van der Waals surface area contributed by atoms with E-state index in [0.717, 1.165) is 0 Å². The van der Waals surface area contributed by atoms with Gasteiger partial charge in [-0.3, -0.25) is 4.79 Å². The standard InChI is InChI=1S/C11H12N4O3S/c1-2-18-10(17)7-19-11-12-13-14-15(11)8-3-5-9(16)6-4-8/h3-6,16H,2,7H2,1H3. The van der Waals surface area contributed by atoms with Crippen molar-refractivity contribution in [1.82, 2.24) is 20.2 Å². The fourth-order valence-corrected chi connectivity index (χ4v) is 2.04. The van der Waals surface area contributed by atoms with E-state index in [1.165, 1.54) is 28.6 Å². The van der Waals surface area contributed by atoms with Gasteiger partial charge in [-0.1, -0.05) is 11.8 Å². The number of aromatic nitrogens is 4. The SMILES string of the molecule is CCOC(=O)CSc1nnnn1-c1ccc(O)cc1. The van der Waals surface area contributed by atoms with Crippen molar-refractivity contribution >= 4 is 17.7 Å². The maximum Gasteiger partial charge on any atom is 0.316 e. The highest BCUT2D eigenvalue weighted by molar-refractivity contribution is 7.99. The van der Waals surface area contributed by atoms with Crippen LogP contribution in [0.15, 0.2) is 29.4 Å². The number of carbonyl (C=O) groups excluding carboxylic acids is 1. The van der Waals surface area contributed by atoms with Crippen LogP contribution >= 0.6 is 11.8 Å². The quantitative estimate of drug-likeness (QED) is 0.646. The molecule has 2 aromatic rings. The Kier molecular flexibility index (Phi) is 4.35. The van der Waals surface area contributed by atoms with Gasteiger partial charge in [0.2, 0.25) is 5.16 Å². The average molecular weight is 280 g/mol. The Hall–Kier alpha value is -2.09. The van der Waals surface area contributed by atoms with Gasteiger partial charge in [-0.15, -0.1) is 5.10 Å². The number of phenols is 1. The Morgan fingerprint density at radius 3 is 2.84 bits per heavy atom. The van der Waals surface area contributed by atoms with Gasteiger partial charge in [0.25, 0.3) is 0 Å². The van der Waals surface area contributed by atoms with Crippen molar-refractivity contribution in [2.75, 3.05) is 12.4 Å². The second kappa shape index (κ2) is 6.19. The zero-order valence-corrected chi connectivity index (χ0v) is 11.0. The number of phenolic OH excluding ortho intramolecular Hbond substituents is 1. The molecule has 0 bridgehead atoms. The zero-order chi connectivity index (χ0) is 13.7. The third-order valence-electron chi connectivity index (χ3n) is 2.16. The van der Waals surface area contributed by atoms with Gasteiger partial charge in [0.05, 0.1) is 18.0 Å². The summed E-state index contributed by atoms with van der Waals surface area (Å²) >= 11 is 1.19. The topological polar surface area (TPSA) is 90.1 Å². The molecule has 19 heavy (non-hydrogen) atoms. The summed E-state index contributed by atoms with van der Waals surface area (Å²) in [5.41, 5.74) is 0.703. The predicted octanol–water partition coefficient (Wildman–Crippen LogP) is 1.02. The Morgan fingerprint density at radius 2 is 2.16 bits per heavy atom. The minimum Gasteiger partial charge on any atom is -0.508 e. The molecule has 7 nitrogen and oxygen atoms in total. The lowest BCUT2D eigenvalue weighted by atomic mass is 10.3. The van der Waals surface area contributed by atoms with Crippen LogP contribution in [0.2, 0.25) is 0 Å². The molecule has 1 aromatic heterocycles. The Balaban J connectivity index is 2.09. The number of aromatic hydroxyl groups is 1. The van der Waals surface area contributed by atoms with E-state index in [1.807, 2.05) is 0 Å². The molecular weight excluding hydrogens is 268 g/mol. The van der Waals surface area contributed by atoms with E-state index in [2.05, 4.69) is 15.5 Å². The number of rotatable bonds is 5. The number of esters is 1.